The second-order valence-electron chi connectivity index (χ2n) is 8.02. The Morgan fingerprint density at radius 1 is 0.800 bits per heavy atom. The Morgan fingerprint density at radius 2 is 1.33 bits per heavy atom. The Bertz CT molecular complexity index is 563. The first-order chi connectivity index (χ1) is 14.1. The van der Waals surface area contributed by atoms with Gasteiger partial charge in [0.1, 0.15) is 0 Å². The molecule has 0 amide bonds. The average Bonchev–Trinajstić information content (AvgIpc) is 3.30. The van der Waals surface area contributed by atoms with E-state index in [2.05, 4.69) is 58.0 Å². The van der Waals surface area contributed by atoms with Crippen molar-refractivity contribution in [1.29, 1.82) is 0 Å². The van der Waals surface area contributed by atoms with Crippen molar-refractivity contribution < 1.29 is 0 Å². The van der Waals surface area contributed by atoms with E-state index in [0.717, 1.165) is 12.3 Å². The second-order valence-corrected chi connectivity index (χ2v) is 8.02. The normalized spacial score (nSPS) is 15.4. The molecule has 2 aliphatic rings. The lowest BCUT2D eigenvalue weighted by Gasteiger charge is -2.16. The van der Waals surface area contributed by atoms with E-state index in [4.69, 9.17) is 0 Å². The largest absolute Gasteiger partial charge is 0.0776 e. The molecular formula is C30H54. The fourth-order valence-electron chi connectivity index (χ4n) is 3.97. The maximum Gasteiger partial charge on any atom is -0.00638 e. The third-order valence-electron chi connectivity index (χ3n) is 5.86. The van der Waals surface area contributed by atoms with Crippen LogP contribution >= 0.6 is 0 Å². The first-order valence-electron chi connectivity index (χ1n) is 12.6. The summed E-state index contributed by atoms with van der Waals surface area (Å²) in [6.07, 6.45) is 15.7. The minimum absolute atomic E-state index is 0. The standard InChI is InChI=1S/C20H26.C5H12.2C2H6.CH4/c1-15-7-8-18(13-16(15)2)14-17-9-11-20(12-10-17)19-5-3-4-6-19;1-3-5-4-2;2*1-2;/h9-13,19H,3-8,14H2,1-2H3;3-5H2,1-2H3;2*1-2H3;1H4. The van der Waals surface area contributed by atoms with Gasteiger partial charge in [-0.2, -0.15) is 0 Å². The van der Waals surface area contributed by atoms with Crippen molar-refractivity contribution in [2.24, 2.45) is 0 Å². The van der Waals surface area contributed by atoms with Crippen LogP contribution in [-0.2, 0) is 6.42 Å². The number of allylic oxidation sites excluding steroid dienone is 4. The van der Waals surface area contributed by atoms with E-state index in [9.17, 15) is 0 Å². The molecule has 2 aliphatic carbocycles. The zero-order chi connectivity index (χ0) is 22.1. The first kappa shape index (κ1) is 30.9. The van der Waals surface area contributed by atoms with E-state index in [1.165, 1.54) is 68.9 Å². The number of rotatable bonds is 5. The van der Waals surface area contributed by atoms with Crippen LogP contribution in [0.5, 0.6) is 0 Å². The predicted molar refractivity (Wildman–Crippen MR) is 142 cm³/mol. The highest BCUT2D eigenvalue weighted by molar-refractivity contribution is 5.35. The minimum atomic E-state index is 0. The molecule has 0 aromatic heterocycles. The lowest BCUT2D eigenvalue weighted by atomic mass is 9.89. The van der Waals surface area contributed by atoms with E-state index in [1.54, 1.807) is 16.7 Å². The van der Waals surface area contributed by atoms with Crippen molar-refractivity contribution in [2.45, 2.75) is 133 Å². The smallest absolute Gasteiger partial charge is 0.00638 e. The fourth-order valence-corrected chi connectivity index (χ4v) is 3.97. The topological polar surface area (TPSA) is 0 Å². The van der Waals surface area contributed by atoms with Gasteiger partial charge in [0.2, 0.25) is 0 Å². The molecule has 0 heteroatoms. The van der Waals surface area contributed by atoms with Gasteiger partial charge < -0.3 is 0 Å². The lowest BCUT2D eigenvalue weighted by Crippen LogP contribution is -1.99. The Balaban J connectivity index is 0. The van der Waals surface area contributed by atoms with E-state index >= 15 is 0 Å². The monoisotopic (exact) mass is 414 g/mol. The molecule has 1 fully saturated rings. The molecule has 0 nitrogen and oxygen atoms in total. The zero-order valence-corrected chi connectivity index (χ0v) is 21.0. The summed E-state index contributed by atoms with van der Waals surface area (Å²) in [5.74, 6) is 0.839. The van der Waals surface area contributed by atoms with E-state index in [0.29, 0.717) is 0 Å². The molecule has 1 saturated carbocycles. The molecule has 1 aromatic carbocycles. The van der Waals surface area contributed by atoms with Gasteiger partial charge in [0.15, 0.2) is 0 Å². The Labute approximate surface area is 191 Å². The summed E-state index contributed by atoms with van der Waals surface area (Å²) in [6.45, 7) is 16.9. The molecule has 0 aliphatic heterocycles. The Hall–Kier alpha value is -1.30. The summed E-state index contributed by atoms with van der Waals surface area (Å²) in [4.78, 5) is 0. The molecule has 0 atom stereocenters. The molecule has 174 valence electrons. The first-order valence-corrected chi connectivity index (χ1v) is 12.6. The fraction of sp³-hybridized carbons (Fsp3) is 0.667. The van der Waals surface area contributed by atoms with Crippen LogP contribution < -0.4 is 0 Å². The third-order valence-corrected chi connectivity index (χ3v) is 5.86. The summed E-state index contributed by atoms with van der Waals surface area (Å²) < 4.78 is 0. The van der Waals surface area contributed by atoms with Gasteiger partial charge in [-0.1, -0.05) is 128 Å². The van der Waals surface area contributed by atoms with Gasteiger partial charge >= 0.3 is 0 Å². The van der Waals surface area contributed by atoms with Crippen molar-refractivity contribution in [2.75, 3.05) is 0 Å². The SMILES string of the molecule is C.CC.CC.CC1=C(C)CCC(Cc2ccc(C3CCCC3)cc2)=C1.CCCCC. The molecule has 0 unspecified atom stereocenters. The molecule has 1 aromatic rings. The average molecular weight is 415 g/mol. The molecule has 0 bridgehead atoms. The molecule has 0 heterocycles. The maximum atomic E-state index is 2.41. The van der Waals surface area contributed by atoms with E-state index < -0.39 is 0 Å². The van der Waals surface area contributed by atoms with E-state index in [-0.39, 0.29) is 7.43 Å². The Morgan fingerprint density at radius 3 is 1.77 bits per heavy atom. The summed E-state index contributed by atoms with van der Waals surface area (Å²) in [7, 11) is 0. The van der Waals surface area contributed by atoms with Gasteiger partial charge in [0.25, 0.3) is 0 Å². The van der Waals surface area contributed by atoms with Crippen molar-refractivity contribution in [3.8, 4) is 0 Å². The van der Waals surface area contributed by atoms with Gasteiger partial charge in [0.05, 0.1) is 0 Å². The number of hydrogen-bond acceptors (Lipinski definition) is 0. The number of benzene rings is 1. The summed E-state index contributed by atoms with van der Waals surface area (Å²) >= 11 is 0. The van der Waals surface area contributed by atoms with Crippen molar-refractivity contribution >= 4 is 0 Å². The van der Waals surface area contributed by atoms with Gasteiger partial charge in [-0.25, -0.2) is 0 Å². The minimum Gasteiger partial charge on any atom is -0.0776 e. The molecular weight excluding hydrogens is 360 g/mol. The van der Waals surface area contributed by atoms with Crippen LogP contribution in [-0.4, -0.2) is 0 Å². The van der Waals surface area contributed by atoms with Crippen LogP contribution in [0.1, 0.15) is 138 Å². The molecule has 0 spiro atoms. The quantitative estimate of drug-likeness (QED) is 0.449. The van der Waals surface area contributed by atoms with Crippen LogP contribution in [0, 0.1) is 0 Å². The second kappa shape index (κ2) is 19.7. The van der Waals surface area contributed by atoms with Crippen molar-refractivity contribution in [3.05, 3.63) is 58.2 Å². The van der Waals surface area contributed by atoms with E-state index in [1.807, 2.05) is 27.7 Å². The van der Waals surface area contributed by atoms with Crippen LogP contribution in [0.15, 0.2) is 47.1 Å². The summed E-state index contributed by atoms with van der Waals surface area (Å²) in [5.41, 5.74) is 7.68. The number of unbranched alkanes of at least 4 members (excludes halogenated alkanes) is 2. The van der Waals surface area contributed by atoms with Gasteiger partial charge in [-0.3, -0.25) is 0 Å². The molecule has 3 rings (SSSR count). The number of hydrogen-bond donors (Lipinski definition) is 0. The van der Waals surface area contributed by atoms with Gasteiger partial charge in [0, 0.05) is 0 Å². The van der Waals surface area contributed by atoms with Gasteiger partial charge in [-0.15, -0.1) is 0 Å². The van der Waals surface area contributed by atoms with Gasteiger partial charge in [-0.05, 0) is 63.0 Å². The van der Waals surface area contributed by atoms with Crippen LogP contribution in [0.25, 0.3) is 0 Å². The van der Waals surface area contributed by atoms with Crippen LogP contribution in [0.4, 0.5) is 0 Å². The molecule has 30 heavy (non-hydrogen) atoms. The van der Waals surface area contributed by atoms with Crippen LogP contribution in [0.3, 0.4) is 0 Å². The summed E-state index contributed by atoms with van der Waals surface area (Å²) in [5, 5.41) is 0. The predicted octanol–water partition coefficient (Wildman–Crippen LogP) is 10.8. The zero-order valence-electron chi connectivity index (χ0n) is 21.0. The Kier molecular flexibility index (Phi) is 20.2. The highest BCUT2D eigenvalue weighted by Crippen LogP contribution is 2.34. The summed E-state index contributed by atoms with van der Waals surface area (Å²) in [6, 6.07) is 9.47. The molecule has 0 saturated heterocycles. The highest BCUT2D eigenvalue weighted by atomic mass is 14.2. The molecule has 0 N–H and O–H groups in total. The highest BCUT2D eigenvalue weighted by Gasteiger charge is 2.16. The van der Waals surface area contributed by atoms with Crippen molar-refractivity contribution in [1.82, 2.24) is 0 Å². The third kappa shape index (κ3) is 11.8. The lowest BCUT2D eigenvalue weighted by molar-refractivity contribution is 0.722. The van der Waals surface area contributed by atoms with Crippen LogP contribution in [0.2, 0.25) is 0 Å². The maximum absolute atomic E-state index is 2.41. The van der Waals surface area contributed by atoms with Crippen molar-refractivity contribution in [3.63, 3.8) is 0 Å². The molecule has 0 radical (unpaired) electrons.